The second-order valence-electron chi connectivity index (χ2n) is 5.19. The maximum Gasteiger partial charge on any atom is 0.270 e. The van der Waals surface area contributed by atoms with Gasteiger partial charge in [0.25, 0.3) is 5.91 Å². The Morgan fingerprint density at radius 2 is 2.04 bits per heavy atom. The molecule has 7 heteroatoms. The summed E-state index contributed by atoms with van der Waals surface area (Å²) in [5.41, 5.74) is 1.18. The Morgan fingerprint density at radius 3 is 2.84 bits per heavy atom. The van der Waals surface area contributed by atoms with E-state index in [1.807, 2.05) is 30.3 Å². The van der Waals surface area contributed by atoms with E-state index in [1.54, 1.807) is 25.5 Å². The first-order chi connectivity index (χ1) is 12.3. The van der Waals surface area contributed by atoms with Crippen molar-refractivity contribution in [3.63, 3.8) is 0 Å². The Balaban J connectivity index is 1.61. The summed E-state index contributed by atoms with van der Waals surface area (Å²) in [6, 6.07) is 12.7. The Hall–Kier alpha value is -3.35. The van der Waals surface area contributed by atoms with Crippen LogP contribution in [0.15, 0.2) is 59.3 Å². The molecule has 128 valence electrons. The lowest BCUT2D eigenvalue weighted by molar-refractivity contribution is 0.0945. The number of nitrogens with one attached hydrogen (secondary N) is 2. The van der Waals surface area contributed by atoms with Crippen LogP contribution in [0.2, 0.25) is 0 Å². The molecule has 2 heterocycles. The van der Waals surface area contributed by atoms with Crippen molar-refractivity contribution < 1.29 is 13.9 Å². The molecule has 25 heavy (non-hydrogen) atoms. The van der Waals surface area contributed by atoms with Gasteiger partial charge in [0.05, 0.1) is 19.9 Å². The van der Waals surface area contributed by atoms with Crippen LogP contribution < -0.4 is 15.4 Å². The molecule has 0 atom stereocenters. The number of nitrogens with zero attached hydrogens (tertiary/aromatic N) is 2. The van der Waals surface area contributed by atoms with Gasteiger partial charge < -0.3 is 19.8 Å². The average Bonchev–Trinajstić information content (AvgIpc) is 3.18. The predicted octanol–water partition coefficient (Wildman–Crippen LogP) is 2.62. The Bertz CT molecular complexity index is 834. The molecule has 0 unspecified atom stereocenters. The summed E-state index contributed by atoms with van der Waals surface area (Å²) in [6.07, 6.45) is 3.13. The second kappa shape index (κ2) is 7.96. The third kappa shape index (κ3) is 4.35. The number of methoxy groups -OCH3 is 1. The van der Waals surface area contributed by atoms with Crippen molar-refractivity contribution in [3.05, 3.63) is 71.9 Å². The highest BCUT2D eigenvalue weighted by molar-refractivity contribution is 5.92. The van der Waals surface area contributed by atoms with E-state index in [-0.39, 0.29) is 11.6 Å². The van der Waals surface area contributed by atoms with Crippen molar-refractivity contribution in [3.8, 4) is 5.75 Å². The van der Waals surface area contributed by atoms with Crippen LogP contribution in [0.4, 0.5) is 5.95 Å². The molecule has 3 rings (SSSR count). The number of carbonyl (C=O) groups excluding carboxylic acids is 1. The summed E-state index contributed by atoms with van der Waals surface area (Å²) >= 11 is 0. The molecule has 2 N–H and O–H groups in total. The van der Waals surface area contributed by atoms with Crippen LogP contribution in [0.3, 0.4) is 0 Å². The van der Waals surface area contributed by atoms with E-state index in [4.69, 9.17) is 9.15 Å². The van der Waals surface area contributed by atoms with E-state index in [0.717, 1.165) is 17.1 Å². The number of para-hydroxylation sites is 1. The van der Waals surface area contributed by atoms with Crippen molar-refractivity contribution in [1.29, 1.82) is 0 Å². The number of anilines is 1. The zero-order chi connectivity index (χ0) is 17.5. The maximum atomic E-state index is 12.3. The van der Waals surface area contributed by atoms with Gasteiger partial charge in [-0.1, -0.05) is 18.2 Å². The summed E-state index contributed by atoms with van der Waals surface area (Å²) in [5, 5.41) is 5.85. The molecule has 0 aliphatic heterocycles. The number of amides is 1. The van der Waals surface area contributed by atoms with Gasteiger partial charge in [0.15, 0.2) is 0 Å². The molecule has 0 saturated heterocycles. The van der Waals surface area contributed by atoms with Gasteiger partial charge >= 0.3 is 0 Å². The van der Waals surface area contributed by atoms with Crippen molar-refractivity contribution in [2.75, 3.05) is 12.4 Å². The largest absolute Gasteiger partial charge is 0.496 e. The van der Waals surface area contributed by atoms with E-state index >= 15 is 0 Å². The lowest BCUT2D eigenvalue weighted by atomic mass is 10.2. The van der Waals surface area contributed by atoms with Gasteiger partial charge in [0, 0.05) is 18.3 Å². The van der Waals surface area contributed by atoms with E-state index in [2.05, 4.69) is 20.6 Å². The number of carbonyl (C=O) groups is 1. The summed E-state index contributed by atoms with van der Waals surface area (Å²) in [7, 11) is 1.60. The maximum absolute atomic E-state index is 12.3. The number of hydrogen-bond donors (Lipinski definition) is 2. The number of rotatable bonds is 7. The molecule has 3 aromatic rings. The van der Waals surface area contributed by atoms with Crippen LogP contribution in [-0.4, -0.2) is 23.0 Å². The highest BCUT2D eigenvalue weighted by Crippen LogP contribution is 2.16. The average molecular weight is 338 g/mol. The fourth-order valence-electron chi connectivity index (χ4n) is 2.26. The second-order valence-corrected chi connectivity index (χ2v) is 5.19. The predicted molar refractivity (Wildman–Crippen MR) is 92.2 cm³/mol. The zero-order valence-electron chi connectivity index (χ0n) is 13.7. The normalized spacial score (nSPS) is 10.3. The smallest absolute Gasteiger partial charge is 0.270 e. The highest BCUT2D eigenvalue weighted by atomic mass is 16.5. The van der Waals surface area contributed by atoms with Crippen LogP contribution in [0, 0.1) is 0 Å². The fraction of sp³-hybridized carbons (Fsp3) is 0.167. The third-order valence-corrected chi connectivity index (χ3v) is 3.52. The van der Waals surface area contributed by atoms with E-state index in [9.17, 15) is 4.79 Å². The van der Waals surface area contributed by atoms with Gasteiger partial charge in [0.1, 0.15) is 17.2 Å². The van der Waals surface area contributed by atoms with Crippen molar-refractivity contribution in [1.82, 2.24) is 15.3 Å². The van der Waals surface area contributed by atoms with Crippen molar-refractivity contribution in [2.24, 2.45) is 0 Å². The monoisotopic (exact) mass is 338 g/mol. The van der Waals surface area contributed by atoms with Crippen molar-refractivity contribution in [2.45, 2.75) is 13.1 Å². The van der Waals surface area contributed by atoms with Gasteiger partial charge in [-0.15, -0.1) is 0 Å². The molecule has 1 amide bonds. The number of benzene rings is 1. The van der Waals surface area contributed by atoms with Gasteiger partial charge in [0.2, 0.25) is 5.95 Å². The minimum absolute atomic E-state index is 0.283. The van der Waals surface area contributed by atoms with E-state index in [0.29, 0.717) is 19.0 Å². The molecule has 1 aromatic carbocycles. The molecule has 0 saturated carbocycles. The Kier molecular flexibility index (Phi) is 5.26. The third-order valence-electron chi connectivity index (χ3n) is 3.52. The Morgan fingerprint density at radius 1 is 1.16 bits per heavy atom. The standard InChI is InChI=1S/C18H18N4O3/c1-24-16-7-3-2-5-13(16)11-20-17(23)15-8-9-19-18(22-15)21-12-14-6-4-10-25-14/h2-10H,11-12H2,1H3,(H,20,23)(H,19,21,22). The number of hydrogen-bond acceptors (Lipinski definition) is 6. The van der Waals surface area contributed by atoms with Gasteiger partial charge in [-0.25, -0.2) is 9.97 Å². The molecule has 0 spiro atoms. The fourth-order valence-corrected chi connectivity index (χ4v) is 2.26. The molecular formula is C18H18N4O3. The lowest BCUT2D eigenvalue weighted by Crippen LogP contribution is -2.24. The van der Waals surface area contributed by atoms with Gasteiger partial charge in [-0.05, 0) is 24.3 Å². The SMILES string of the molecule is COc1ccccc1CNC(=O)c1ccnc(NCc2ccco2)n1. The first-order valence-corrected chi connectivity index (χ1v) is 7.75. The molecule has 0 aliphatic rings. The number of ether oxygens (including phenoxy) is 1. The topological polar surface area (TPSA) is 89.3 Å². The molecule has 0 radical (unpaired) electrons. The van der Waals surface area contributed by atoms with E-state index in [1.165, 1.54) is 6.20 Å². The van der Waals surface area contributed by atoms with Gasteiger partial charge in [-0.3, -0.25) is 4.79 Å². The van der Waals surface area contributed by atoms with E-state index < -0.39 is 0 Å². The molecule has 0 aliphatic carbocycles. The summed E-state index contributed by atoms with van der Waals surface area (Å²) in [5.74, 6) is 1.57. The quantitative estimate of drug-likeness (QED) is 0.688. The number of aromatic nitrogens is 2. The van der Waals surface area contributed by atoms with Crippen LogP contribution in [-0.2, 0) is 13.1 Å². The number of furan rings is 1. The molecule has 7 nitrogen and oxygen atoms in total. The highest BCUT2D eigenvalue weighted by Gasteiger charge is 2.10. The van der Waals surface area contributed by atoms with Crippen LogP contribution >= 0.6 is 0 Å². The molecule has 0 bridgehead atoms. The first kappa shape index (κ1) is 16.5. The molecule has 2 aromatic heterocycles. The minimum atomic E-state index is -0.283. The van der Waals surface area contributed by atoms with Crippen LogP contribution in [0.1, 0.15) is 21.8 Å². The van der Waals surface area contributed by atoms with Crippen LogP contribution in [0.5, 0.6) is 5.75 Å². The lowest BCUT2D eigenvalue weighted by Gasteiger charge is -2.09. The summed E-state index contributed by atoms with van der Waals surface area (Å²) in [4.78, 5) is 20.6. The van der Waals surface area contributed by atoms with Crippen molar-refractivity contribution >= 4 is 11.9 Å². The molecule has 0 fully saturated rings. The van der Waals surface area contributed by atoms with Gasteiger partial charge in [-0.2, -0.15) is 0 Å². The minimum Gasteiger partial charge on any atom is -0.496 e. The Labute approximate surface area is 145 Å². The summed E-state index contributed by atoms with van der Waals surface area (Å²) in [6.45, 7) is 0.793. The molecular weight excluding hydrogens is 320 g/mol. The zero-order valence-corrected chi connectivity index (χ0v) is 13.7. The summed E-state index contributed by atoms with van der Waals surface area (Å²) < 4.78 is 10.5. The van der Waals surface area contributed by atoms with Crippen LogP contribution in [0.25, 0.3) is 0 Å². The first-order valence-electron chi connectivity index (χ1n) is 7.75.